The number of rotatable bonds is 0. The maximum absolute atomic E-state index is 9.75. The summed E-state index contributed by atoms with van der Waals surface area (Å²) in [5.41, 5.74) is 0. The molecule has 0 saturated carbocycles. The van der Waals surface area contributed by atoms with Crippen molar-refractivity contribution in [3.63, 3.8) is 0 Å². The monoisotopic (exact) mass is 1230 g/mol. The standard InChI is InChI=1S/12C2H3N.4BF4.O.2Re/c12*1-2-3;4*2-1(3,4)5;;;/h12*1H3;;;;;;;/q;;;;;;;;;;;;4*-1;-2;;. The summed E-state index contributed by atoms with van der Waals surface area (Å²) < 4.78 is 156. The van der Waals surface area contributed by atoms with Crippen LogP contribution in [0.25, 0.3) is 0 Å². The van der Waals surface area contributed by atoms with E-state index in [1.54, 1.807) is 72.8 Å². The van der Waals surface area contributed by atoms with Crippen LogP contribution in [0.5, 0.6) is 0 Å². The Balaban J connectivity index is -0.0000000171. The van der Waals surface area contributed by atoms with Crippen LogP contribution in [-0.4, -0.2) is 29.0 Å². The molecule has 2 radical (unpaired) electrons. The summed E-state index contributed by atoms with van der Waals surface area (Å²) in [6.45, 7) is 17.2. The summed E-state index contributed by atoms with van der Waals surface area (Å²) in [5, 5.41) is 87.8. The third-order valence-electron chi connectivity index (χ3n) is 0. The van der Waals surface area contributed by atoms with Crippen LogP contribution < -0.4 is 0 Å². The van der Waals surface area contributed by atoms with E-state index in [1.165, 1.54) is 83.1 Å². The molecule has 0 rings (SSSR count). The van der Waals surface area contributed by atoms with Crippen LogP contribution in [0.15, 0.2) is 0 Å². The van der Waals surface area contributed by atoms with E-state index in [1.807, 2.05) is 0 Å². The molecule has 0 fully saturated rings. The molecular formula is C24H36B4F16N12ORe2-6. The van der Waals surface area contributed by atoms with Gasteiger partial charge in [-0.1, -0.05) is 0 Å². The van der Waals surface area contributed by atoms with Gasteiger partial charge in [0.2, 0.25) is 0 Å². The Labute approximate surface area is 362 Å². The second-order valence-corrected chi connectivity index (χ2v) is 4.66. The molecule has 0 unspecified atom stereocenters. The van der Waals surface area contributed by atoms with Crippen molar-refractivity contribution in [2.75, 3.05) is 0 Å². The van der Waals surface area contributed by atoms with Gasteiger partial charge in [-0.15, -0.1) is 0 Å². The molecule has 0 aliphatic heterocycles. The SMILES string of the molecule is CC#N.CC#N.CC#N.CC#N.CC#N.CC#N.CC#N.CC#N.CC#N.CC#N.CC#N.CC#N.F[B-](F)(F)F.F[B-](F)(F)F.F[B-](F)(F)F.F[B-](F)(F)F.[O-2].[Re].[Re]. The first kappa shape index (κ1) is 124. The summed E-state index contributed by atoms with van der Waals surface area (Å²) in [6.07, 6.45) is 0. The van der Waals surface area contributed by atoms with Crippen LogP contribution in [0.4, 0.5) is 69.1 Å². The fourth-order valence-corrected chi connectivity index (χ4v) is 0. The summed E-state index contributed by atoms with van der Waals surface area (Å²) in [4.78, 5) is 0. The van der Waals surface area contributed by atoms with Crippen LogP contribution >= 0.6 is 0 Å². The van der Waals surface area contributed by atoms with Crippen LogP contribution in [0.1, 0.15) is 83.1 Å². The van der Waals surface area contributed by atoms with Crippen molar-refractivity contribution >= 4 is 29.0 Å². The predicted octanol–water partition coefficient (Wildman–Crippen LogP) is 11.4. The third-order valence-corrected chi connectivity index (χ3v) is 0. The Morgan fingerprint density at radius 2 is 0.203 bits per heavy atom. The van der Waals surface area contributed by atoms with E-state index in [2.05, 4.69) is 0 Å². The summed E-state index contributed by atoms with van der Waals surface area (Å²) >= 11 is 0. The summed E-state index contributed by atoms with van der Waals surface area (Å²) in [7, 11) is -24.0. The third kappa shape index (κ3) is 4080. The quantitative estimate of drug-likeness (QED) is 0.161. The van der Waals surface area contributed by atoms with E-state index in [0.29, 0.717) is 0 Å². The molecule has 0 saturated heterocycles. The van der Waals surface area contributed by atoms with Crippen LogP contribution in [-0.2, 0) is 46.3 Å². The average Bonchev–Trinajstić information content (AvgIpc) is 2.90. The first-order valence-corrected chi connectivity index (χ1v) is 12.2. The number of nitrogens with zero attached hydrogens (tertiary/aromatic N) is 12. The van der Waals surface area contributed by atoms with E-state index >= 15 is 0 Å². The Hall–Kier alpha value is -5.70. The van der Waals surface area contributed by atoms with E-state index < -0.39 is 29.0 Å². The van der Waals surface area contributed by atoms with E-state index in [0.717, 1.165) is 0 Å². The molecule has 0 aromatic heterocycles. The summed E-state index contributed by atoms with van der Waals surface area (Å²) in [5.74, 6) is 0. The van der Waals surface area contributed by atoms with Gasteiger partial charge < -0.3 is 74.5 Å². The van der Waals surface area contributed by atoms with Gasteiger partial charge in [-0.2, -0.15) is 63.1 Å². The molecule has 0 amide bonds. The Morgan fingerprint density at radius 1 is 0.203 bits per heavy atom. The normalized spacial score (nSPS) is 5.69. The molecule has 0 spiro atoms. The first-order chi connectivity index (χ1) is 25.0. The molecule has 0 aliphatic rings. The van der Waals surface area contributed by atoms with Crippen LogP contribution in [0, 0.1) is 136 Å². The van der Waals surface area contributed by atoms with Gasteiger partial charge in [0.15, 0.2) is 0 Å². The van der Waals surface area contributed by atoms with Crippen molar-refractivity contribution in [1.82, 2.24) is 0 Å². The largest absolute Gasteiger partial charge is 2.00 e. The van der Waals surface area contributed by atoms with E-state index in [4.69, 9.17) is 63.1 Å². The van der Waals surface area contributed by atoms with Crippen molar-refractivity contribution in [3.05, 3.63) is 0 Å². The first-order valence-electron chi connectivity index (χ1n) is 12.2. The average molecular weight is 1230 g/mol. The van der Waals surface area contributed by atoms with Crippen LogP contribution in [0.3, 0.4) is 0 Å². The zero-order chi connectivity index (χ0) is 50.5. The Bertz CT molecular complexity index is 902. The maximum atomic E-state index is 9.75. The second kappa shape index (κ2) is 150. The van der Waals surface area contributed by atoms with Gasteiger partial charge in [0.25, 0.3) is 0 Å². The molecule has 0 bridgehead atoms. The van der Waals surface area contributed by atoms with Crippen molar-refractivity contribution < 1.29 is 115 Å². The molecule has 0 heterocycles. The zero-order valence-corrected chi connectivity index (χ0v) is 38.3. The number of halogens is 16. The Kier molecular flexibility index (Phi) is 315. The topological polar surface area (TPSA) is 314 Å². The number of hydrogen-bond donors (Lipinski definition) is 0. The van der Waals surface area contributed by atoms with Crippen molar-refractivity contribution in [2.24, 2.45) is 0 Å². The number of nitriles is 12. The molecule has 0 aromatic rings. The van der Waals surface area contributed by atoms with Gasteiger partial charge in [-0.25, -0.2) is 0 Å². The van der Waals surface area contributed by atoms with Gasteiger partial charge in [0.05, 0.1) is 72.8 Å². The summed E-state index contributed by atoms with van der Waals surface area (Å²) in [6, 6.07) is 21.0. The smallest absolute Gasteiger partial charge is 0.673 e. The molecule has 0 atom stereocenters. The molecular weight excluding hydrogens is 1190 g/mol. The minimum absolute atomic E-state index is 0. The van der Waals surface area contributed by atoms with Crippen molar-refractivity contribution in [2.45, 2.75) is 83.1 Å². The molecule has 13 nitrogen and oxygen atoms in total. The number of hydrogen-bond acceptors (Lipinski definition) is 12. The molecule has 342 valence electrons. The van der Waals surface area contributed by atoms with Gasteiger partial charge in [-0.3, -0.25) is 0 Å². The van der Waals surface area contributed by atoms with Gasteiger partial charge in [0, 0.05) is 124 Å². The fraction of sp³-hybridized carbons (Fsp3) is 0.500. The van der Waals surface area contributed by atoms with Gasteiger partial charge in [-0.05, 0) is 0 Å². The minimum Gasteiger partial charge on any atom is -2.00 e. The fourth-order valence-electron chi connectivity index (χ4n) is 0. The molecule has 0 aliphatic carbocycles. The van der Waals surface area contributed by atoms with Crippen molar-refractivity contribution in [1.29, 1.82) is 63.1 Å². The van der Waals surface area contributed by atoms with Crippen molar-refractivity contribution in [3.8, 4) is 72.8 Å². The van der Waals surface area contributed by atoms with Gasteiger partial charge in [0.1, 0.15) is 0 Å². The minimum atomic E-state index is -6.00. The van der Waals surface area contributed by atoms with Gasteiger partial charge >= 0.3 is 29.0 Å². The molecule has 35 heteroatoms. The maximum Gasteiger partial charge on any atom is 0.673 e. The Morgan fingerprint density at radius 3 is 0.203 bits per heavy atom. The van der Waals surface area contributed by atoms with Crippen LogP contribution in [0.2, 0.25) is 0 Å². The van der Waals surface area contributed by atoms with E-state index in [-0.39, 0.29) is 46.3 Å². The van der Waals surface area contributed by atoms with E-state index in [9.17, 15) is 69.1 Å². The zero-order valence-electron chi connectivity index (χ0n) is 32.9. The predicted molar refractivity (Wildman–Crippen MR) is 177 cm³/mol. The molecule has 0 N–H and O–H groups in total. The second-order valence-electron chi connectivity index (χ2n) is 4.66. The molecule has 0 aromatic carbocycles. The molecule has 59 heavy (non-hydrogen) atoms.